The van der Waals surface area contributed by atoms with Gasteiger partial charge >= 0.3 is 6.03 Å². The second kappa shape index (κ2) is 7.83. The molecule has 1 aliphatic heterocycles. The number of amides is 2. The number of benzene rings is 1. The van der Waals surface area contributed by atoms with Crippen LogP contribution < -0.4 is 10.6 Å². The fraction of sp³-hybridized carbons (Fsp3) is 0.368. The van der Waals surface area contributed by atoms with Crippen LogP contribution in [0.3, 0.4) is 0 Å². The second-order valence-corrected chi connectivity index (χ2v) is 6.53. The lowest BCUT2D eigenvalue weighted by molar-refractivity contribution is 0.187. The number of anilines is 1. The van der Waals surface area contributed by atoms with Crippen LogP contribution in [-0.2, 0) is 13.0 Å². The third kappa shape index (κ3) is 4.09. The van der Waals surface area contributed by atoms with Gasteiger partial charge in [0.25, 0.3) is 0 Å². The highest BCUT2D eigenvalue weighted by Gasteiger charge is 2.24. The van der Waals surface area contributed by atoms with Gasteiger partial charge in [0.15, 0.2) is 0 Å². The number of nitrogens with zero attached hydrogens (tertiary/aromatic N) is 4. The molecular formula is C19H22N6O. The number of hydrogen-bond acceptors (Lipinski definition) is 5. The molecule has 26 heavy (non-hydrogen) atoms. The van der Waals surface area contributed by atoms with Crippen LogP contribution in [0.1, 0.15) is 30.7 Å². The van der Waals surface area contributed by atoms with Gasteiger partial charge < -0.3 is 15.5 Å². The predicted molar refractivity (Wildman–Crippen MR) is 98.4 cm³/mol. The minimum atomic E-state index is -0.0913. The number of fused-ring (bicyclic) bond motifs is 1. The molecule has 2 atom stereocenters. The molecule has 0 saturated carbocycles. The normalized spacial score (nSPS) is 15.3. The molecule has 0 saturated heterocycles. The third-order valence-electron chi connectivity index (χ3n) is 4.64. The Morgan fingerprint density at radius 2 is 2.19 bits per heavy atom. The van der Waals surface area contributed by atoms with Crippen LogP contribution in [0.5, 0.6) is 0 Å². The van der Waals surface area contributed by atoms with Gasteiger partial charge in [-0.1, -0.05) is 6.07 Å². The van der Waals surface area contributed by atoms with Gasteiger partial charge in [-0.2, -0.15) is 5.26 Å². The monoisotopic (exact) mass is 350 g/mol. The van der Waals surface area contributed by atoms with Crippen molar-refractivity contribution < 1.29 is 4.79 Å². The summed E-state index contributed by atoms with van der Waals surface area (Å²) in [5.41, 5.74) is 3.49. The molecule has 0 bridgehead atoms. The topological polar surface area (TPSA) is 93.9 Å². The Morgan fingerprint density at radius 1 is 1.35 bits per heavy atom. The number of nitriles is 1. The molecule has 0 fully saturated rings. The van der Waals surface area contributed by atoms with Crippen molar-refractivity contribution in [3.05, 3.63) is 53.6 Å². The number of hydrogen-bond donors (Lipinski definition) is 2. The van der Waals surface area contributed by atoms with Gasteiger partial charge in [0.05, 0.1) is 23.9 Å². The number of carbonyl (C=O) groups is 1. The van der Waals surface area contributed by atoms with Crippen LogP contribution in [0.15, 0.2) is 36.8 Å². The number of nitrogens with one attached hydrogen (secondary N) is 2. The fourth-order valence-corrected chi connectivity index (χ4v) is 2.92. The smallest absolute Gasteiger partial charge is 0.317 e. The van der Waals surface area contributed by atoms with Crippen LogP contribution >= 0.6 is 0 Å². The standard InChI is InChI=1S/C19H22N6O/c1-13(23-17-5-3-4-15(8-17)9-20)14(2)24-19(26)25-7-6-18-16(11-25)10-21-12-22-18/h3-5,8,10,12-14,23H,6-7,11H2,1-2H3,(H,24,26). The molecule has 1 aromatic carbocycles. The molecule has 7 nitrogen and oxygen atoms in total. The molecule has 0 aliphatic carbocycles. The van der Waals surface area contributed by atoms with E-state index in [9.17, 15) is 4.79 Å². The minimum absolute atomic E-state index is 0.00769. The first kappa shape index (κ1) is 17.7. The highest BCUT2D eigenvalue weighted by molar-refractivity contribution is 5.75. The maximum Gasteiger partial charge on any atom is 0.317 e. The molecule has 2 aromatic rings. The largest absolute Gasteiger partial charge is 0.381 e. The van der Waals surface area contributed by atoms with Crippen molar-refractivity contribution in [2.75, 3.05) is 11.9 Å². The number of carbonyl (C=O) groups excluding carboxylic acids is 1. The van der Waals surface area contributed by atoms with E-state index < -0.39 is 0 Å². The zero-order valence-electron chi connectivity index (χ0n) is 14.9. The summed E-state index contributed by atoms with van der Waals surface area (Å²) in [5.74, 6) is 0. The van der Waals surface area contributed by atoms with Crippen molar-refractivity contribution in [2.45, 2.75) is 38.9 Å². The molecule has 2 amide bonds. The van der Waals surface area contributed by atoms with E-state index in [-0.39, 0.29) is 18.1 Å². The zero-order valence-corrected chi connectivity index (χ0v) is 14.9. The molecule has 1 aliphatic rings. The third-order valence-corrected chi connectivity index (χ3v) is 4.64. The predicted octanol–water partition coefficient (Wildman–Crippen LogP) is 2.31. The van der Waals surface area contributed by atoms with E-state index in [0.717, 1.165) is 23.4 Å². The van der Waals surface area contributed by atoms with Crippen molar-refractivity contribution in [2.24, 2.45) is 0 Å². The van der Waals surface area contributed by atoms with Crippen molar-refractivity contribution >= 4 is 11.7 Å². The Balaban J connectivity index is 1.56. The van der Waals surface area contributed by atoms with Crippen molar-refractivity contribution in [3.63, 3.8) is 0 Å². The van der Waals surface area contributed by atoms with Crippen molar-refractivity contribution in [1.82, 2.24) is 20.2 Å². The van der Waals surface area contributed by atoms with Gasteiger partial charge in [0.1, 0.15) is 6.33 Å². The van der Waals surface area contributed by atoms with Crippen LogP contribution in [0.4, 0.5) is 10.5 Å². The molecule has 0 radical (unpaired) electrons. The van der Waals surface area contributed by atoms with Gasteiger partial charge in [-0.25, -0.2) is 14.8 Å². The Labute approximate surface area is 153 Å². The fourth-order valence-electron chi connectivity index (χ4n) is 2.92. The average molecular weight is 350 g/mol. The molecule has 2 N–H and O–H groups in total. The molecule has 134 valence electrons. The number of urea groups is 1. The Morgan fingerprint density at radius 3 is 3.00 bits per heavy atom. The molecule has 0 spiro atoms. The Bertz CT molecular complexity index is 831. The van der Waals surface area contributed by atoms with Crippen LogP contribution in [0.2, 0.25) is 0 Å². The summed E-state index contributed by atoms with van der Waals surface area (Å²) < 4.78 is 0. The van der Waals surface area contributed by atoms with E-state index in [0.29, 0.717) is 18.7 Å². The first-order valence-electron chi connectivity index (χ1n) is 8.66. The minimum Gasteiger partial charge on any atom is -0.381 e. The summed E-state index contributed by atoms with van der Waals surface area (Å²) in [6.45, 7) is 5.14. The molecule has 1 aromatic heterocycles. The van der Waals surface area contributed by atoms with E-state index >= 15 is 0 Å². The van der Waals surface area contributed by atoms with E-state index in [2.05, 4.69) is 26.7 Å². The van der Waals surface area contributed by atoms with Gasteiger partial charge in [-0.3, -0.25) is 0 Å². The van der Waals surface area contributed by atoms with Gasteiger partial charge in [-0.15, -0.1) is 0 Å². The second-order valence-electron chi connectivity index (χ2n) is 6.53. The maximum atomic E-state index is 12.6. The summed E-state index contributed by atoms with van der Waals surface area (Å²) in [5, 5.41) is 15.4. The average Bonchev–Trinajstić information content (AvgIpc) is 2.67. The van der Waals surface area contributed by atoms with Gasteiger partial charge in [0.2, 0.25) is 0 Å². The first-order valence-corrected chi connectivity index (χ1v) is 8.66. The van der Waals surface area contributed by atoms with Gasteiger partial charge in [-0.05, 0) is 32.0 Å². The lowest BCUT2D eigenvalue weighted by Gasteiger charge is -2.31. The number of aromatic nitrogens is 2. The molecule has 3 rings (SSSR count). The molecule has 7 heteroatoms. The SMILES string of the molecule is CC(NC(=O)N1CCc2ncncc2C1)C(C)Nc1cccc(C#N)c1. The molecule has 2 heterocycles. The quantitative estimate of drug-likeness (QED) is 0.882. The first-order chi connectivity index (χ1) is 12.6. The van der Waals surface area contributed by atoms with Crippen LogP contribution in [0.25, 0.3) is 0 Å². The zero-order chi connectivity index (χ0) is 18.5. The molecular weight excluding hydrogens is 328 g/mol. The lowest BCUT2D eigenvalue weighted by atomic mass is 10.1. The summed E-state index contributed by atoms with van der Waals surface area (Å²) in [4.78, 5) is 22.7. The van der Waals surface area contributed by atoms with E-state index in [1.807, 2.05) is 26.0 Å². The van der Waals surface area contributed by atoms with Crippen molar-refractivity contribution in [3.8, 4) is 6.07 Å². The summed E-state index contributed by atoms with van der Waals surface area (Å²) in [7, 11) is 0. The highest BCUT2D eigenvalue weighted by atomic mass is 16.2. The number of rotatable bonds is 4. The summed E-state index contributed by atoms with van der Waals surface area (Å²) in [6, 6.07) is 9.27. The lowest BCUT2D eigenvalue weighted by Crippen LogP contribution is -2.50. The van der Waals surface area contributed by atoms with Crippen LogP contribution in [0, 0.1) is 11.3 Å². The molecule has 2 unspecified atom stereocenters. The van der Waals surface area contributed by atoms with Crippen molar-refractivity contribution in [1.29, 1.82) is 5.26 Å². The maximum absolute atomic E-state index is 12.6. The van der Waals surface area contributed by atoms with Crippen LogP contribution in [-0.4, -0.2) is 39.5 Å². The van der Waals surface area contributed by atoms with E-state index in [1.165, 1.54) is 0 Å². The van der Waals surface area contributed by atoms with E-state index in [1.54, 1.807) is 29.6 Å². The Kier molecular flexibility index (Phi) is 5.32. The van der Waals surface area contributed by atoms with Gasteiger partial charge in [0, 0.05) is 42.5 Å². The summed E-state index contributed by atoms with van der Waals surface area (Å²) in [6.07, 6.45) is 4.07. The Hall–Kier alpha value is -3.14. The summed E-state index contributed by atoms with van der Waals surface area (Å²) >= 11 is 0. The van der Waals surface area contributed by atoms with E-state index in [4.69, 9.17) is 5.26 Å². The highest BCUT2D eigenvalue weighted by Crippen LogP contribution is 2.16.